The highest BCUT2D eigenvalue weighted by Gasteiger charge is 2.20. The minimum atomic E-state index is -0.322. The minimum absolute atomic E-state index is 0.260. The number of carbonyl (C=O) groups excluding carboxylic acids is 2. The first-order valence-electron chi connectivity index (χ1n) is 8.05. The summed E-state index contributed by atoms with van der Waals surface area (Å²) < 4.78 is 0. The number of carbonyl (C=O) groups is 2. The fraction of sp³-hybridized carbons (Fsp3) is 0.556. The molecule has 0 bridgehead atoms. The molecule has 0 aliphatic heterocycles. The Kier molecular flexibility index (Phi) is 8.41. The van der Waals surface area contributed by atoms with Gasteiger partial charge in [0.05, 0.1) is 0 Å². The van der Waals surface area contributed by atoms with Crippen LogP contribution in [-0.2, 0) is 16.1 Å². The molecule has 0 saturated carbocycles. The van der Waals surface area contributed by atoms with Crippen LogP contribution in [0.25, 0.3) is 0 Å². The Morgan fingerprint density at radius 2 is 1.67 bits per heavy atom. The van der Waals surface area contributed by atoms with Crippen LogP contribution in [0.5, 0.6) is 0 Å². The SMILES string of the molecule is CCCCCCN(Cc1ccccc1)C(=O)C(=O)CCC. The van der Waals surface area contributed by atoms with Gasteiger partial charge in [0, 0.05) is 19.5 Å². The van der Waals surface area contributed by atoms with Crippen molar-refractivity contribution in [1.29, 1.82) is 0 Å². The van der Waals surface area contributed by atoms with Crippen LogP contribution in [0.2, 0.25) is 0 Å². The number of ketones is 1. The van der Waals surface area contributed by atoms with Crippen LogP contribution in [0.3, 0.4) is 0 Å². The van der Waals surface area contributed by atoms with Crippen molar-refractivity contribution in [1.82, 2.24) is 4.90 Å². The Bertz CT molecular complexity index is 428. The summed E-state index contributed by atoms with van der Waals surface area (Å²) in [4.78, 5) is 25.9. The van der Waals surface area contributed by atoms with E-state index in [2.05, 4.69) is 6.92 Å². The van der Waals surface area contributed by atoms with Crippen molar-refractivity contribution >= 4 is 11.7 Å². The summed E-state index contributed by atoms with van der Waals surface area (Å²) in [5, 5.41) is 0. The summed E-state index contributed by atoms with van der Waals surface area (Å²) >= 11 is 0. The van der Waals surface area contributed by atoms with Gasteiger partial charge in [0.15, 0.2) is 0 Å². The molecular weight excluding hydrogens is 262 g/mol. The molecule has 0 aromatic heterocycles. The zero-order chi connectivity index (χ0) is 15.5. The first-order valence-corrected chi connectivity index (χ1v) is 8.05. The van der Waals surface area contributed by atoms with Gasteiger partial charge in [-0.2, -0.15) is 0 Å². The van der Waals surface area contributed by atoms with Gasteiger partial charge in [0.25, 0.3) is 5.91 Å². The summed E-state index contributed by atoms with van der Waals surface area (Å²) in [7, 11) is 0. The maximum atomic E-state index is 12.3. The normalized spacial score (nSPS) is 10.4. The largest absolute Gasteiger partial charge is 0.332 e. The van der Waals surface area contributed by atoms with E-state index in [-0.39, 0.29) is 11.7 Å². The third-order valence-corrected chi connectivity index (χ3v) is 3.50. The Morgan fingerprint density at radius 3 is 2.29 bits per heavy atom. The molecule has 1 aromatic carbocycles. The molecule has 0 aliphatic carbocycles. The van der Waals surface area contributed by atoms with E-state index in [0.29, 0.717) is 19.5 Å². The molecule has 21 heavy (non-hydrogen) atoms. The fourth-order valence-corrected chi connectivity index (χ4v) is 2.30. The lowest BCUT2D eigenvalue weighted by atomic mass is 10.1. The minimum Gasteiger partial charge on any atom is -0.332 e. The van der Waals surface area contributed by atoms with E-state index in [1.807, 2.05) is 37.3 Å². The standard InChI is InChI=1S/C18H27NO2/c1-3-5-6-10-14-19(18(21)17(20)11-4-2)15-16-12-8-7-9-13-16/h7-9,12-13H,3-6,10-11,14-15H2,1-2H3. The molecule has 0 radical (unpaired) electrons. The number of nitrogens with zero attached hydrogens (tertiary/aromatic N) is 1. The molecular formula is C18H27NO2. The van der Waals surface area contributed by atoms with Crippen LogP contribution >= 0.6 is 0 Å². The van der Waals surface area contributed by atoms with Gasteiger partial charge in [-0.25, -0.2) is 0 Å². The van der Waals surface area contributed by atoms with Crippen molar-refractivity contribution in [2.24, 2.45) is 0 Å². The van der Waals surface area contributed by atoms with Gasteiger partial charge in [-0.15, -0.1) is 0 Å². The number of benzene rings is 1. The van der Waals surface area contributed by atoms with Crippen LogP contribution < -0.4 is 0 Å². The van der Waals surface area contributed by atoms with Gasteiger partial charge in [-0.1, -0.05) is 63.4 Å². The number of amides is 1. The van der Waals surface area contributed by atoms with E-state index in [1.165, 1.54) is 12.8 Å². The van der Waals surface area contributed by atoms with Crippen LogP contribution in [0.15, 0.2) is 30.3 Å². The van der Waals surface area contributed by atoms with E-state index in [0.717, 1.165) is 24.8 Å². The molecule has 0 atom stereocenters. The molecule has 0 spiro atoms. The number of Topliss-reactive ketones (excluding diaryl/α,β-unsaturated/α-hetero) is 1. The van der Waals surface area contributed by atoms with Gasteiger partial charge in [-0.3, -0.25) is 9.59 Å². The summed E-state index contributed by atoms with van der Waals surface area (Å²) in [6.45, 7) is 5.29. The van der Waals surface area contributed by atoms with Crippen molar-refractivity contribution in [3.63, 3.8) is 0 Å². The van der Waals surface area contributed by atoms with E-state index >= 15 is 0 Å². The van der Waals surface area contributed by atoms with E-state index < -0.39 is 0 Å². The Morgan fingerprint density at radius 1 is 0.952 bits per heavy atom. The van der Waals surface area contributed by atoms with Crippen molar-refractivity contribution in [2.75, 3.05) is 6.54 Å². The van der Waals surface area contributed by atoms with Crippen LogP contribution in [0.4, 0.5) is 0 Å². The Labute approximate surface area is 128 Å². The smallest absolute Gasteiger partial charge is 0.290 e. The monoisotopic (exact) mass is 289 g/mol. The second-order valence-corrected chi connectivity index (χ2v) is 5.45. The number of hydrogen-bond donors (Lipinski definition) is 0. The molecule has 0 heterocycles. The highest BCUT2D eigenvalue weighted by molar-refractivity contribution is 6.35. The van der Waals surface area contributed by atoms with Gasteiger partial charge >= 0.3 is 0 Å². The lowest BCUT2D eigenvalue weighted by molar-refractivity contribution is -0.145. The maximum absolute atomic E-state index is 12.3. The first kappa shape index (κ1) is 17.4. The van der Waals surface area contributed by atoms with Gasteiger partial charge in [-0.05, 0) is 18.4 Å². The third-order valence-electron chi connectivity index (χ3n) is 3.50. The van der Waals surface area contributed by atoms with Crippen LogP contribution in [-0.4, -0.2) is 23.1 Å². The summed E-state index contributed by atoms with van der Waals surface area (Å²) in [6.07, 6.45) is 5.49. The molecule has 1 amide bonds. The summed E-state index contributed by atoms with van der Waals surface area (Å²) in [5.74, 6) is -0.582. The zero-order valence-corrected chi connectivity index (χ0v) is 13.3. The Hall–Kier alpha value is -1.64. The zero-order valence-electron chi connectivity index (χ0n) is 13.3. The molecule has 1 rings (SSSR count). The predicted octanol–water partition coefficient (Wildman–Crippen LogP) is 3.96. The van der Waals surface area contributed by atoms with E-state index in [9.17, 15) is 9.59 Å². The van der Waals surface area contributed by atoms with Crippen LogP contribution in [0.1, 0.15) is 57.9 Å². The van der Waals surface area contributed by atoms with Crippen molar-refractivity contribution in [2.45, 2.75) is 58.9 Å². The molecule has 0 aliphatic rings. The van der Waals surface area contributed by atoms with E-state index in [4.69, 9.17) is 0 Å². The van der Waals surface area contributed by atoms with Crippen molar-refractivity contribution in [3.05, 3.63) is 35.9 Å². The number of rotatable bonds is 10. The average Bonchev–Trinajstić information content (AvgIpc) is 2.51. The molecule has 3 heteroatoms. The van der Waals surface area contributed by atoms with E-state index in [1.54, 1.807) is 4.90 Å². The quantitative estimate of drug-likeness (QED) is 0.483. The molecule has 1 aromatic rings. The molecule has 116 valence electrons. The van der Waals surface area contributed by atoms with Gasteiger partial charge < -0.3 is 4.90 Å². The molecule has 0 saturated heterocycles. The second-order valence-electron chi connectivity index (χ2n) is 5.45. The first-order chi connectivity index (χ1) is 10.2. The van der Waals surface area contributed by atoms with Gasteiger partial charge in [0.2, 0.25) is 5.78 Å². The fourth-order valence-electron chi connectivity index (χ4n) is 2.30. The average molecular weight is 289 g/mol. The highest BCUT2D eigenvalue weighted by atomic mass is 16.2. The summed E-state index contributed by atoms with van der Waals surface area (Å²) in [5.41, 5.74) is 1.07. The molecule has 0 fully saturated rings. The topological polar surface area (TPSA) is 37.4 Å². The second kappa shape index (κ2) is 10.1. The molecule has 0 N–H and O–H groups in total. The van der Waals surface area contributed by atoms with Gasteiger partial charge in [0.1, 0.15) is 0 Å². The number of hydrogen-bond acceptors (Lipinski definition) is 2. The maximum Gasteiger partial charge on any atom is 0.290 e. The Balaban J connectivity index is 2.64. The molecule has 3 nitrogen and oxygen atoms in total. The highest BCUT2D eigenvalue weighted by Crippen LogP contribution is 2.09. The van der Waals surface area contributed by atoms with Crippen molar-refractivity contribution in [3.8, 4) is 0 Å². The predicted molar refractivity (Wildman–Crippen MR) is 85.9 cm³/mol. The molecule has 0 unspecified atom stereocenters. The lowest BCUT2D eigenvalue weighted by Gasteiger charge is -2.22. The van der Waals surface area contributed by atoms with Crippen molar-refractivity contribution < 1.29 is 9.59 Å². The number of unbranched alkanes of at least 4 members (excludes halogenated alkanes) is 3. The lowest BCUT2D eigenvalue weighted by Crippen LogP contribution is -2.36. The third kappa shape index (κ3) is 6.56. The summed E-state index contributed by atoms with van der Waals surface area (Å²) in [6, 6.07) is 9.87. The van der Waals surface area contributed by atoms with Crippen LogP contribution in [0, 0.1) is 0 Å².